The fraction of sp³-hybridized carbons (Fsp3) is 0.364. The van der Waals surface area contributed by atoms with Gasteiger partial charge in [0.05, 0.1) is 23.6 Å². The summed E-state index contributed by atoms with van der Waals surface area (Å²) in [5.74, 6) is -1.44. The molecule has 0 aliphatic carbocycles. The van der Waals surface area contributed by atoms with Crippen LogP contribution < -0.4 is 0 Å². The third-order valence-electron chi connectivity index (χ3n) is 4.41. The summed E-state index contributed by atoms with van der Waals surface area (Å²) in [7, 11) is 0. The van der Waals surface area contributed by atoms with Gasteiger partial charge in [-0.15, -0.1) is 0 Å². The van der Waals surface area contributed by atoms with E-state index in [1.54, 1.807) is 0 Å². The number of benzene rings is 2. The molecule has 0 aliphatic heterocycles. The van der Waals surface area contributed by atoms with Crippen molar-refractivity contribution in [1.29, 1.82) is 0 Å². The molecule has 0 amide bonds. The number of rotatable bonds is 9. The molecule has 29 heavy (non-hydrogen) atoms. The molecule has 156 valence electrons. The maximum Gasteiger partial charge on any atom is 0.416 e. The molecule has 0 N–H and O–H groups in total. The van der Waals surface area contributed by atoms with Gasteiger partial charge in [-0.3, -0.25) is 0 Å². The first-order valence-electron chi connectivity index (χ1n) is 9.53. The lowest BCUT2D eigenvalue weighted by atomic mass is 10.0. The van der Waals surface area contributed by atoms with E-state index in [-0.39, 0.29) is 5.56 Å². The molecule has 2 nitrogen and oxygen atoms in total. The fourth-order valence-electron chi connectivity index (χ4n) is 2.79. The Morgan fingerprint density at radius 2 is 1.41 bits per heavy atom. The van der Waals surface area contributed by atoms with Crippen LogP contribution >= 0.6 is 0 Å². The smallest absolute Gasteiger partial charge is 0.206 e. The van der Waals surface area contributed by atoms with Crippen LogP contribution in [0.25, 0.3) is 0 Å². The molecule has 0 aliphatic rings. The highest BCUT2D eigenvalue weighted by Crippen LogP contribution is 2.28. The van der Waals surface area contributed by atoms with Gasteiger partial charge in [0.2, 0.25) is 0 Å². The number of aryl methyl sites for hydroxylation is 1. The summed E-state index contributed by atoms with van der Waals surface area (Å²) in [6.45, 7) is 2.12. The van der Waals surface area contributed by atoms with Crippen molar-refractivity contribution >= 4 is 12.4 Å². The van der Waals surface area contributed by atoms with Gasteiger partial charge in [0.25, 0.3) is 0 Å². The van der Waals surface area contributed by atoms with E-state index >= 15 is 0 Å². The Labute approximate surface area is 167 Å². The third kappa shape index (κ3) is 7.40. The lowest BCUT2D eigenvalue weighted by Gasteiger charge is -2.05. The molecule has 2 rings (SSSR count). The predicted octanol–water partition coefficient (Wildman–Crippen LogP) is 6.95. The topological polar surface area (TPSA) is 24.7 Å². The van der Waals surface area contributed by atoms with Gasteiger partial charge in [-0.25, -0.2) is 8.78 Å². The first kappa shape index (κ1) is 22.7. The van der Waals surface area contributed by atoms with Gasteiger partial charge >= 0.3 is 6.18 Å². The molecule has 0 spiro atoms. The predicted molar refractivity (Wildman–Crippen MR) is 105 cm³/mol. The van der Waals surface area contributed by atoms with Crippen LogP contribution in [0.3, 0.4) is 0 Å². The zero-order valence-corrected chi connectivity index (χ0v) is 16.1. The first-order chi connectivity index (χ1) is 13.8. The number of unbranched alkanes of at least 4 members (excludes halogenated alkanes) is 4. The standard InChI is InChI=1S/C22H23F5N2/c1-2-3-4-5-6-7-17-12-20(23)19(21(24)13-17)15-29-28-14-16-8-10-18(11-9-16)22(25,26)27/h8-15H,2-7H2,1H3. The highest BCUT2D eigenvalue weighted by atomic mass is 19.4. The molecular formula is C22H23F5N2. The normalized spacial score (nSPS) is 12.3. The Hall–Kier alpha value is -2.57. The molecule has 0 saturated heterocycles. The van der Waals surface area contributed by atoms with Crippen LogP contribution in [0.5, 0.6) is 0 Å². The Kier molecular flexibility index (Phi) is 8.49. The van der Waals surface area contributed by atoms with Gasteiger partial charge in [-0.2, -0.15) is 23.4 Å². The zero-order chi connectivity index (χ0) is 21.3. The number of hydrogen-bond acceptors (Lipinski definition) is 2. The van der Waals surface area contributed by atoms with Crippen LogP contribution in [-0.2, 0) is 12.6 Å². The van der Waals surface area contributed by atoms with Crippen molar-refractivity contribution in [1.82, 2.24) is 0 Å². The Morgan fingerprint density at radius 3 is 2.00 bits per heavy atom. The monoisotopic (exact) mass is 410 g/mol. The number of hydrogen-bond donors (Lipinski definition) is 0. The molecule has 0 bridgehead atoms. The lowest BCUT2D eigenvalue weighted by molar-refractivity contribution is -0.137. The summed E-state index contributed by atoms with van der Waals surface area (Å²) in [6, 6.07) is 6.90. The second-order valence-corrected chi connectivity index (χ2v) is 6.75. The van der Waals surface area contributed by atoms with E-state index in [0.717, 1.165) is 50.5 Å². The first-order valence-corrected chi connectivity index (χ1v) is 9.53. The fourth-order valence-corrected chi connectivity index (χ4v) is 2.79. The maximum absolute atomic E-state index is 14.2. The van der Waals surface area contributed by atoms with Crippen molar-refractivity contribution < 1.29 is 22.0 Å². The molecule has 7 heteroatoms. The SMILES string of the molecule is CCCCCCCc1cc(F)c(C=NN=Cc2ccc(C(F)(F)F)cc2)c(F)c1. The molecule has 0 saturated carbocycles. The number of nitrogens with zero attached hydrogens (tertiary/aromatic N) is 2. The van der Waals surface area contributed by atoms with Gasteiger partial charge in [0, 0.05) is 0 Å². The third-order valence-corrected chi connectivity index (χ3v) is 4.41. The molecule has 0 heterocycles. The van der Waals surface area contributed by atoms with Crippen LogP contribution in [-0.4, -0.2) is 12.4 Å². The second-order valence-electron chi connectivity index (χ2n) is 6.75. The van der Waals surface area contributed by atoms with Crippen molar-refractivity contribution in [2.75, 3.05) is 0 Å². The minimum Gasteiger partial charge on any atom is -0.206 e. The Balaban J connectivity index is 1.96. The van der Waals surface area contributed by atoms with Crippen LogP contribution in [0.4, 0.5) is 22.0 Å². The van der Waals surface area contributed by atoms with Gasteiger partial charge in [-0.05, 0) is 48.2 Å². The van der Waals surface area contributed by atoms with Crippen molar-refractivity contribution in [3.8, 4) is 0 Å². The van der Waals surface area contributed by atoms with E-state index < -0.39 is 23.4 Å². The van der Waals surface area contributed by atoms with Crippen LogP contribution in [0.2, 0.25) is 0 Å². The molecule has 0 radical (unpaired) electrons. The summed E-state index contributed by atoms with van der Waals surface area (Å²) in [4.78, 5) is 0. The minimum atomic E-state index is -4.41. The summed E-state index contributed by atoms with van der Waals surface area (Å²) in [6.07, 6.45) is 3.68. The molecule has 2 aromatic rings. The van der Waals surface area contributed by atoms with Crippen molar-refractivity contribution in [3.63, 3.8) is 0 Å². The van der Waals surface area contributed by atoms with E-state index in [0.29, 0.717) is 17.5 Å². The molecule has 0 atom stereocenters. The number of halogens is 5. The number of alkyl halides is 3. The van der Waals surface area contributed by atoms with Gasteiger partial charge in [-0.1, -0.05) is 44.7 Å². The van der Waals surface area contributed by atoms with Crippen molar-refractivity contribution in [2.24, 2.45) is 10.2 Å². The minimum absolute atomic E-state index is 0.302. The van der Waals surface area contributed by atoms with Crippen LogP contribution in [0.1, 0.15) is 61.3 Å². The summed E-state index contributed by atoms with van der Waals surface area (Å²) in [5, 5.41) is 7.24. The largest absolute Gasteiger partial charge is 0.416 e. The average Bonchev–Trinajstić information content (AvgIpc) is 2.66. The quantitative estimate of drug-likeness (QED) is 0.185. The van der Waals surface area contributed by atoms with Gasteiger partial charge in [0.15, 0.2) is 0 Å². The van der Waals surface area contributed by atoms with E-state index in [1.807, 2.05) is 0 Å². The molecular weight excluding hydrogens is 387 g/mol. The van der Waals surface area contributed by atoms with Crippen molar-refractivity contribution in [3.05, 3.63) is 70.3 Å². The summed E-state index contributed by atoms with van der Waals surface area (Å²) >= 11 is 0. The van der Waals surface area contributed by atoms with Crippen LogP contribution in [0, 0.1) is 11.6 Å². The molecule has 0 aromatic heterocycles. The second kappa shape index (κ2) is 10.8. The average molecular weight is 410 g/mol. The molecule has 2 aromatic carbocycles. The summed E-state index contributed by atoms with van der Waals surface area (Å²) < 4.78 is 65.8. The van der Waals surface area contributed by atoms with Crippen LogP contribution in [0.15, 0.2) is 46.6 Å². The van der Waals surface area contributed by atoms with Gasteiger partial charge < -0.3 is 0 Å². The molecule has 0 unspecified atom stereocenters. The van der Waals surface area contributed by atoms with E-state index in [4.69, 9.17) is 0 Å². The van der Waals surface area contributed by atoms with E-state index in [9.17, 15) is 22.0 Å². The zero-order valence-electron chi connectivity index (χ0n) is 16.1. The molecule has 0 fully saturated rings. The lowest BCUT2D eigenvalue weighted by Crippen LogP contribution is -2.04. The van der Waals surface area contributed by atoms with E-state index in [2.05, 4.69) is 17.1 Å². The summed E-state index contributed by atoms with van der Waals surface area (Å²) in [5.41, 5.74) is -0.0894. The highest BCUT2D eigenvalue weighted by Gasteiger charge is 2.29. The van der Waals surface area contributed by atoms with Gasteiger partial charge in [0.1, 0.15) is 11.6 Å². The highest BCUT2D eigenvalue weighted by molar-refractivity contribution is 5.83. The van der Waals surface area contributed by atoms with Crippen molar-refractivity contribution in [2.45, 2.75) is 51.6 Å². The Morgan fingerprint density at radius 1 is 0.828 bits per heavy atom. The maximum atomic E-state index is 14.2. The van der Waals surface area contributed by atoms with E-state index in [1.165, 1.54) is 30.5 Å². The Bertz CT molecular complexity index is 816.